The molecule has 0 aliphatic rings. The van der Waals surface area contributed by atoms with Gasteiger partial charge in [0.1, 0.15) is 19.6 Å². The molecule has 0 saturated heterocycles. The van der Waals surface area contributed by atoms with Gasteiger partial charge in [-0.25, -0.2) is 0 Å². The number of hydrogen-bond donors (Lipinski definition) is 2. The molecule has 2 nitrogen and oxygen atoms in total. The Kier molecular flexibility index (Phi) is 3.65. The SMILES string of the molecule is [NH3+]CC[NH2+]Cc1ccccc1. The summed E-state index contributed by atoms with van der Waals surface area (Å²) in [5.41, 5.74) is 5.18. The molecule has 0 heterocycles. The first-order valence-corrected chi connectivity index (χ1v) is 4.08. The minimum Gasteiger partial charge on any atom is -0.353 e. The van der Waals surface area contributed by atoms with Gasteiger partial charge in [-0.2, -0.15) is 0 Å². The van der Waals surface area contributed by atoms with E-state index in [1.54, 1.807) is 0 Å². The lowest BCUT2D eigenvalue weighted by atomic mass is 10.2. The van der Waals surface area contributed by atoms with Gasteiger partial charge in [-0.3, -0.25) is 0 Å². The van der Waals surface area contributed by atoms with Gasteiger partial charge < -0.3 is 11.1 Å². The number of nitrogens with two attached hydrogens (primary N) is 1. The van der Waals surface area contributed by atoms with Gasteiger partial charge in [0.2, 0.25) is 0 Å². The molecule has 0 saturated carbocycles. The Balaban J connectivity index is 2.28. The molecule has 0 radical (unpaired) electrons. The van der Waals surface area contributed by atoms with Crippen molar-refractivity contribution in [3.05, 3.63) is 35.9 Å². The van der Waals surface area contributed by atoms with Crippen molar-refractivity contribution in [1.29, 1.82) is 0 Å². The van der Waals surface area contributed by atoms with Crippen molar-refractivity contribution in [2.75, 3.05) is 13.1 Å². The predicted octanol–water partition coefficient (Wildman–Crippen LogP) is -1.01. The van der Waals surface area contributed by atoms with E-state index in [1.807, 2.05) is 6.07 Å². The Labute approximate surface area is 67.4 Å². The van der Waals surface area contributed by atoms with Gasteiger partial charge in [-0.05, 0) is 0 Å². The highest BCUT2D eigenvalue weighted by Crippen LogP contribution is 1.93. The van der Waals surface area contributed by atoms with Crippen LogP contribution in [0.15, 0.2) is 30.3 Å². The molecule has 0 spiro atoms. The van der Waals surface area contributed by atoms with Crippen LogP contribution in [0.1, 0.15) is 5.56 Å². The lowest BCUT2D eigenvalue weighted by molar-refractivity contribution is -0.684. The highest BCUT2D eigenvalue weighted by Gasteiger charge is 1.91. The first kappa shape index (κ1) is 8.24. The predicted molar refractivity (Wildman–Crippen MR) is 44.7 cm³/mol. The largest absolute Gasteiger partial charge is 0.353 e. The molecule has 0 aliphatic heterocycles. The van der Waals surface area contributed by atoms with Crippen molar-refractivity contribution in [3.8, 4) is 0 Å². The van der Waals surface area contributed by atoms with Crippen molar-refractivity contribution in [3.63, 3.8) is 0 Å². The van der Waals surface area contributed by atoms with Crippen molar-refractivity contribution >= 4 is 0 Å². The summed E-state index contributed by atoms with van der Waals surface area (Å²) in [4.78, 5) is 0. The quantitative estimate of drug-likeness (QED) is 0.519. The van der Waals surface area contributed by atoms with Gasteiger partial charge in [0.15, 0.2) is 0 Å². The number of rotatable bonds is 4. The maximum Gasteiger partial charge on any atom is 0.125 e. The van der Waals surface area contributed by atoms with Gasteiger partial charge in [0.25, 0.3) is 0 Å². The topological polar surface area (TPSA) is 44.2 Å². The molecule has 1 aromatic rings. The van der Waals surface area contributed by atoms with Crippen LogP contribution in [0.25, 0.3) is 0 Å². The zero-order valence-electron chi connectivity index (χ0n) is 6.79. The van der Waals surface area contributed by atoms with Crippen LogP contribution in [0.3, 0.4) is 0 Å². The molecule has 0 atom stereocenters. The Morgan fingerprint density at radius 1 is 1.18 bits per heavy atom. The molecule has 60 valence electrons. The molecular weight excluding hydrogens is 136 g/mol. The van der Waals surface area contributed by atoms with Crippen LogP contribution >= 0.6 is 0 Å². The summed E-state index contributed by atoms with van der Waals surface area (Å²) in [6.45, 7) is 3.21. The van der Waals surface area contributed by atoms with Crippen LogP contribution in [0.2, 0.25) is 0 Å². The molecule has 1 rings (SSSR count). The van der Waals surface area contributed by atoms with E-state index in [9.17, 15) is 0 Å². The lowest BCUT2D eigenvalue weighted by Gasteiger charge is -1.97. The Morgan fingerprint density at radius 2 is 1.91 bits per heavy atom. The third kappa shape index (κ3) is 3.16. The third-order valence-electron chi connectivity index (χ3n) is 1.63. The molecule has 0 fully saturated rings. The molecule has 1 aromatic carbocycles. The van der Waals surface area contributed by atoms with Gasteiger partial charge in [0, 0.05) is 5.56 Å². The van der Waals surface area contributed by atoms with Crippen LogP contribution in [0.5, 0.6) is 0 Å². The zero-order chi connectivity index (χ0) is 7.94. The fourth-order valence-electron chi connectivity index (χ4n) is 1.03. The van der Waals surface area contributed by atoms with Crippen LogP contribution < -0.4 is 11.1 Å². The second kappa shape index (κ2) is 4.88. The molecule has 0 amide bonds. The second-order valence-corrected chi connectivity index (χ2v) is 2.62. The maximum atomic E-state index is 3.79. The summed E-state index contributed by atoms with van der Waals surface area (Å²) in [6, 6.07) is 10.5. The van der Waals surface area contributed by atoms with E-state index in [0.29, 0.717) is 0 Å². The lowest BCUT2D eigenvalue weighted by Crippen LogP contribution is -2.86. The fraction of sp³-hybridized carbons (Fsp3) is 0.333. The number of quaternary nitrogens is 2. The molecule has 0 bridgehead atoms. The van der Waals surface area contributed by atoms with Crippen LogP contribution in [-0.2, 0) is 6.54 Å². The average molecular weight is 152 g/mol. The minimum absolute atomic E-state index is 1.01. The summed E-state index contributed by atoms with van der Waals surface area (Å²) in [5, 5.41) is 2.28. The first-order valence-electron chi connectivity index (χ1n) is 4.08. The molecule has 11 heavy (non-hydrogen) atoms. The standard InChI is InChI=1S/C9H14N2/c10-6-7-11-8-9-4-2-1-3-5-9/h1-5,11H,6-8,10H2/p+2. The number of benzene rings is 1. The van der Waals surface area contributed by atoms with E-state index in [1.165, 1.54) is 5.56 Å². The molecule has 0 aliphatic carbocycles. The number of hydrogen-bond acceptors (Lipinski definition) is 0. The van der Waals surface area contributed by atoms with E-state index in [2.05, 4.69) is 35.3 Å². The third-order valence-corrected chi connectivity index (χ3v) is 1.63. The minimum atomic E-state index is 1.01. The second-order valence-electron chi connectivity index (χ2n) is 2.62. The summed E-state index contributed by atoms with van der Waals surface area (Å²) in [7, 11) is 0. The normalized spacial score (nSPS) is 9.91. The molecule has 0 aromatic heterocycles. The van der Waals surface area contributed by atoms with E-state index in [0.717, 1.165) is 19.6 Å². The monoisotopic (exact) mass is 152 g/mol. The Bertz CT molecular complexity index is 184. The maximum absolute atomic E-state index is 3.79. The molecule has 5 N–H and O–H groups in total. The molecular formula is C9H16N2+2. The van der Waals surface area contributed by atoms with Gasteiger partial charge >= 0.3 is 0 Å². The van der Waals surface area contributed by atoms with Crippen LogP contribution in [0.4, 0.5) is 0 Å². The Hall–Kier alpha value is -0.860. The van der Waals surface area contributed by atoms with Crippen molar-refractivity contribution in [2.45, 2.75) is 6.54 Å². The molecule has 0 unspecified atom stereocenters. The smallest absolute Gasteiger partial charge is 0.125 e. The summed E-state index contributed by atoms with van der Waals surface area (Å²) in [6.07, 6.45) is 0. The van der Waals surface area contributed by atoms with Crippen molar-refractivity contribution in [2.24, 2.45) is 0 Å². The summed E-state index contributed by atoms with van der Waals surface area (Å²) >= 11 is 0. The van der Waals surface area contributed by atoms with Crippen molar-refractivity contribution in [1.82, 2.24) is 0 Å². The molecule has 2 heteroatoms. The van der Waals surface area contributed by atoms with Gasteiger partial charge in [0.05, 0.1) is 0 Å². The Morgan fingerprint density at radius 3 is 2.55 bits per heavy atom. The van der Waals surface area contributed by atoms with E-state index >= 15 is 0 Å². The van der Waals surface area contributed by atoms with Gasteiger partial charge in [-0.1, -0.05) is 30.3 Å². The van der Waals surface area contributed by atoms with Crippen LogP contribution in [0, 0.1) is 0 Å². The van der Waals surface area contributed by atoms with Crippen molar-refractivity contribution < 1.29 is 11.1 Å². The van der Waals surface area contributed by atoms with E-state index in [4.69, 9.17) is 0 Å². The highest BCUT2D eigenvalue weighted by molar-refractivity contribution is 5.12. The summed E-state index contributed by atoms with van der Waals surface area (Å²) < 4.78 is 0. The first-order chi connectivity index (χ1) is 5.43. The highest BCUT2D eigenvalue weighted by atomic mass is 14.9. The fourth-order valence-corrected chi connectivity index (χ4v) is 1.03. The van der Waals surface area contributed by atoms with E-state index < -0.39 is 0 Å². The summed E-state index contributed by atoms with van der Waals surface area (Å²) in [5.74, 6) is 0. The average Bonchev–Trinajstić information content (AvgIpc) is 2.07. The van der Waals surface area contributed by atoms with E-state index in [-0.39, 0.29) is 0 Å². The zero-order valence-corrected chi connectivity index (χ0v) is 6.79. The van der Waals surface area contributed by atoms with Crippen LogP contribution in [-0.4, -0.2) is 13.1 Å². The van der Waals surface area contributed by atoms with Gasteiger partial charge in [-0.15, -0.1) is 0 Å².